The van der Waals surface area contributed by atoms with Gasteiger partial charge >= 0.3 is 0 Å². The number of amides is 1. The van der Waals surface area contributed by atoms with Crippen LogP contribution in [-0.2, 0) is 13.0 Å². The lowest BCUT2D eigenvalue weighted by molar-refractivity contribution is 0.0945. The zero-order valence-electron chi connectivity index (χ0n) is 11.3. The Morgan fingerprint density at radius 3 is 2.81 bits per heavy atom. The Kier molecular flexibility index (Phi) is 6.71. The van der Waals surface area contributed by atoms with Crippen LogP contribution < -0.4 is 11.1 Å². The van der Waals surface area contributed by atoms with Gasteiger partial charge in [-0.25, -0.2) is 9.37 Å². The number of nitrogens with one attached hydrogen (secondary N) is 1. The van der Waals surface area contributed by atoms with Crippen LogP contribution in [0, 0.1) is 5.82 Å². The van der Waals surface area contributed by atoms with Crippen LogP contribution in [0.3, 0.4) is 0 Å². The topological polar surface area (TPSA) is 80.9 Å². The SMILES string of the molecule is Cl.NCCc1cccc(C(=O)NCc2ncccc2F)n1. The molecule has 2 heterocycles. The van der Waals surface area contributed by atoms with E-state index in [-0.39, 0.29) is 36.2 Å². The number of halogens is 2. The third-order valence-corrected chi connectivity index (χ3v) is 2.69. The molecule has 0 fully saturated rings. The molecule has 7 heteroatoms. The van der Waals surface area contributed by atoms with Gasteiger partial charge in [0.15, 0.2) is 0 Å². The predicted octanol–water partition coefficient (Wildman–Crippen LogP) is 1.47. The van der Waals surface area contributed by atoms with Crippen molar-refractivity contribution in [1.29, 1.82) is 0 Å². The molecule has 112 valence electrons. The molecular formula is C14H16ClFN4O. The summed E-state index contributed by atoms with van der Waals surface area (Å²) in [4.78, 5) is 20.0. The van der Waals surface area contributed by atoms with Crippen LogP contribution in [-0.4, -0.2) is 22.4 Å². The third-order valence-electron chi connectivity index (χ3n) is 2.69. The number of pyridine rings is 2. The lowest BCUT2D eigenvalue weighted by Crippen LogP contribution is -2.25. The van der Waals surface area contributed by atoms with Crippen molar-refractivity contribution in [1.82, 2.24) is 15.3 Å². The molecule has 0 atom stereocenters. The van der Waals surface area contributed by atoms with Crippen molar-refractivity contribution < 1.29 is 9.18 Å². The highest BCUT2D eigenvalue weighted by molar-refractivity contribution is 5.92. The average Bonchev–Trinajstić information content (AvgIpc) is 2.47. The summed E-state index contributed by atoms with van der Waals surface area (Å²) in [6.07, 6.45) is 2.08. The minimum Gasteiger partial charge on any atom is -0.345 e. The van der Waals surface area contributed by atoms with E-state index in [9.17, 15) is 9.18 Å². The summed E-state index contributed by atoms with van der Waals surface area (Å²) >= 11 is 0. The van der Waals surface area contributed by atoms with Gasteiger partial charge in [0, 0.05) is 18.3 Å². The van der Waals surface area contributed by atoms with E-state index in [0.29, 0.717) is 13.0 Å². The minimum atomic E-state index is -0.447. The summed E-state index contributed by atoms with van der Waals surface area (Å²) in [7, 11) is 0. The Hall–Kier alpha value is -2.05. The molecule has 0 bridgehead atoms. The molecule has 0 saturated heterocycles. The first-order valence-corrected chi connectivity index (χ1v) is 6.24. The summed E-state index contributed by atoms with van der Waals surface area (Å²) < 4.78 is 13.4. The molecule has 5 nitrogen and oxygen atoms in total. The number of hydrogen-bond donors (Lipinski definition) is 2. The van der Waals surface area contributed by atoms with Crippen LogP contribution in [0.15, 0.2) is 36.5 Å². The standard InChI is InChI=1S/C14H15FN4O.ClH/c15-11-4-2-8-17-13(11)9-18-14(20)12-5-1-3-10(19-12)6-7-16;/h1-5,8H,6-7,9,16H2,(H,18,20);1H. The van der Waals surface area contributed by atoms with Gasteiger partial charge in [0.05, 0.1) is 12.2 Å². The normalized spacial score (nSPS) is 9.81. The Morgan fingerprint density at radius 2 is 2.10 bits per heavy atom. The molecule has 21 heavy (non-hydrogen) atoms. The van der Waals surface area contributed by atoms with Crippen molar-refractivity contribution in [3.05, 3.63) is 59.4 Å². The van der Waals surface area contributed by atoms with E-state index in [0.717, 1.165) is 5.69 Å². The van der Waals surface area contributed by atoms with E-state index >= 15 is 0 Å². The molecule has 0 aliphatic carbocycles. The summed E-state index contributed by atoms with van der Waals surface area (Å²) in [5.74, 6) is -0.813. The number of carbonyl (C=O) groups is 1. The van der Waals surface area contributed by atoms with Gasteiger partial charge in [0.25, 0.3) is 5.91 Å². The van der Waals surface area contributed by atoms with Gasteiger partial charge < -0.3 is 11.1 Å². The summed E-state index contributed by atoms with van der Waals surface area (Å²) in [6, 6.07) is 7.95. The second kappa shape index (κ2) is 8.28. The zero-order valence-corrected chi connectivity index (χ0v) is 12.1. The molecular weight excluding hydrogens is 295 g/mol. The second-order valence-electron chi connectivity index (χ2n) is 4.17. The largest absolute Gasteiger partial charge is 0.345 e. The van der Waals surface area contributed by atoms with Gasteiger partial charge in [0.1, 0.15) is 11.5 Å². The molecule has 2 rings (SSSR count). The Bertz CT molecular complexity index is 609. The van der Waals surface area contributed by atoms with E-state index in [1.807, 2.05) is 6.07 Å². The Labute approximate surface area is 128 Å². The molecule has 1 amide bonds. The van der Waals surface area contributed by atoms with Gasteiger partial charge in [-0.3, -0.25) is 9.78 Å². The molecule has 0 aliphatic heterocycles. The number of nitrogens with two attached hydrogens (primary N) is 1. The maximum atomic E-state index is 13.4. The maximum Gasteiger partial charge on any atom is 0.270 e. The number of carbonyl (C=O) groups excluding carboxylic acids is 1. The second-order valence-corrected chi connectivity index (χ2v) is 4.17. The van der Waals surface area contributed by atoms with Crippen LogP contribution >= 0.6 is 12.4 Å². The monoisotopic (exact) mass is 310 g/mol. The number of aromatic nitrogens is 2. The molecule has 0 radical (unpaired) electrons. The first-order valence-electron chi connectivity index (χ1n) is 6.24. The minimum absolute atomic E-state index is 0. The van der Waals surface area contributed by atoms with Crippen molar-refractivity contribution in [3.8, 4) is 0 Å². The fourth-order valence-corrected chi connectivity index (χ4v) is 1.70. The highest BCUT2D eigenvalue weighted by atomic mass is 35.5. The summed E-state index contributed by atoms with van der Waals surface area (Å²) in [5.41, 5.74) is 6.68. The van der Waals surface area contributed by atoms with Gasteiger partial charge in [-0.15, -0.1) is 12.4 Å². The van der Waals surface area contributed by atoms with Crippen LogP contribution in [0.5, 0.6) is 0 Å². The Morgan fingerprint density at radius 1 is 1.29 bits per heavy atom. The highest BCUT2D eigenvalue weighted by Gasteiger charge is 2.09. The molecule has 0 unspecified atom stereocenters. The zero-order chi connectivity index (χ0) is 14.4. The molecule has 0 spiro atoms. The molecule has 0 saturated carbocycles. The number of rotatable bonds is 5. The molecule has 0 aliphatic rings. The van der Waals surface area contributed by atoms with Crippen molar-refractivity contribution in [2.24, 2.45) is 5.73 Å². The van der Waals surface area contributed by atoms with Crippen LogP contribution in [0.2, 0.25) is 0 Å². The lowest BCUT2D eigenvalue weighted by Gasteiger charge is -2.06. The van der Waals surface area contributed by atoms with Gasteiger partial charge in [-0.05, 0) is 30.8 Å². The van der Waals surface area contributed by atoms with Crippen molar-refractivity contribution >= 4 is 18.3 Å². The van der Waals surface area contributed by atoms with E-state index in [2.05, 4.69) is 15.3 Å². The number of hydrogen-bond acceptors (Lipinski definition) is 4. The van der Waals surface area contributed by atoms with E-state index < -0.39 is 5.82 Å². The fraction of sp³-hybridized carbons (Fsp3) is 0.214. The summed E-state index contributed by atoms with van der Waals surface area (Å²) in [6.45, 7) is 0.492. The average molecular weight is 311 g/mol. The van der Waals surface area contributed by atoms with Crippen molar-refractivity contribution in [2.75, 3.05) is 6.54 Å². The predicted molar refractivity (Wildman–Crippen MR) is 79.6 cm³/mol. The first-order chi connectivity index (χ1) is 9.70. The smallest absolute Gasteiger partial charge is 0.270 e. The molecule has 2 aromatic heterocycles. The molecule has 0 aromatic carbocycles. The molecule has 2 aromatic rings. The van der Waals surface area contributed by atoms with Crippen LogP contribution in [0.25, 0.3) is 0 Å². The lowest BCUT2D eigenvalue weighted by atomic mass is 10.2. The Balaban J connectivity index is 0.00000220. The van der Waals surface area contributed by atoms with E-state index in [1.165, 1.54) is 18.3 Å². The third kappa shape index (κ3) is 4.77. The van der Waals surface area contributed by atoms with Crippen LogP contribution in [0.1, 0.15) is 21.9 Å². The van der Waals surface area contributed by atoms with E-state index in [1.54, 1.807) is 12.1 Å². The fourth-order valence-electron chi connectivity index (χ4n) is 1.70. The number of nitrogens with zero attached hydrogens (tertiary/aromatic N) is 2. The van der Waals surface area contributed by atoms with Gasteiger partial charge in [0.2, 0.25) is 0 Å². The quantitative estimate of drug-likeness (QED) is 0.876. The molecule has 3 N–H and O–H groups in total. The van der Waals surface area contributed by atoms with Gasteiger partial charge in [-0.1, -0.05) is 6.07 Å². The van der Waals surface area contributed by atoms with E-state index in [4.69, 9.17) is 5.73 Å². The highest BCUT2D eigenvalue weighted by Crippen LogP contribution is 2.03. The van der Waals surface area contributed by atoms with Crippen molar-refractivity contribution in [3.63, 3.8) is 0 Å². The van der Waals surface area contributed by atoms with Crippen LogP contribution in [0.4, 0.5) is 4.39 Å². The maximum absolute atomic E-state index is 13.4. The van der Waals surface area contributed by atoms with Gasteiger partial charge in [-0.2, -0.15) is 0 Å². The summed E-state index contributed by atoms with van der Waals surface area (Å²) in [5, 5.41) is 2.59. The first kappa shape index (κ1) is 17.0. The van der Waals surface area contributed by atoms with Crippen molar-refractivity contribution in [2.45, 2.75) is 13.0 Å².